The number of hydrogen-bond acceptors (Lipinski definition) is 1. The quantitative estimate of drug-likeness (QED) is 0.681. The summed E-state index contributed by atoms with van der Waals surface area (Å²) < 4.78 is 0. The van der Waals surface area contributed by atoms with Crippen molar-refractivity contribution in [2.75, 3.05) is 0 Å². The third-order valence-electron chi connectivity index (χ3n) is 2.81. The zero-order valence-electron chi connectivity index (χ0n) is 9.37. The van der Waals surface area contributed by atoms with Crippen molar-refractivity contribution in [3.63, 3.8) is 0 Å². The topological polar surface area (TPSA) is 28.7 Å². The molecule has 0 aliphatic carbocycles. The van der Waals surface area contributed by atoms with Crippen molar-refractivity contribution in [2.45, 2.75) is 6.92 Å². The molecule has 0 saturated heterocycles. The summed E-state index contributed by atoms with van der Waals surface area (Å²) >= 11 is 5.98. The first kappa shape index (κ1) is 10.4. The van der Waals surface area contributed by atoms with Gasteiger partial charge in [0.05, 0.1) is 11.0 Å². The number of nitrogens with one attached hydrogen (secondary N) is 1. The van der Waals surface area contributed by atoms with Crippen molar-refractivity contribution in [2.24, 2.45) is 0 Å². The van der Waals surface area contributed by atoms with Gasteiger partial charge in [0.15, 0.2) is 0 Å². The largest absolute Gasteiger partial charge is 0.338 e. The second-order valence-electron chi connectivity index (χ2n) is 4.07. The highest BCUT2D eigenvalue weighted by Gasteiger charge is 2.06. The van der Waals surface area contributed by atoms with Gasteiger partial charge in [-0.25, -0.2) is 4.98 Å². The van der Waals surface area contributed by atoms with E-state index in [0.717, 1.165) is 27.4 Å². The molecule has 3 heteroatoms. The van der Waals surface area contributed by atoms with Crippen LogP contribution >= 0.6 is 11.6 Å². The lowest BCUT2D eigenvalue weighted by atomic mass is 10.2. The Morgan fingerprint density at radius 2 is 1.94 bits per heavy atom. The molecule has 0 aliphatic rings. The molecule has 2 nitrogen and oxygen atoms in total. The number of hydrogen-bond donors (Lipinski definition) is 1. The van der Waals surface area contributed by atoms with Gasteiger partial charge >= 0.3 is 0 Å². The number of rotatable bonds is 1. The van der Waals surface area contributed by atoms with E-state index in [9.17, 15) is 0 Å². The summed E-state index contributed by atoms with van der Waals surface area (Å²) in [6, 6.07) is 13.8. The van der Waals surface area contributed by atoms with Gasteiger partial charge in [0.2, 0.25) is 0 Å². The first-order valence-corrected chi connectivity index (χ1v) is 5.83. The fourth-order valence-corrected chi connectivity index (χ4v) is 2.14. The van der Waals surface area contributed by atoms with Crippen LogP contribution in [0.5, 0.6) is 0 Å². The number of para-hydroxylation sites is 1. The van der Waals surface area contributed by atoms with Crippen LogP contribution < -0.4 is 0 Å². The molecule has 84 valence electrons. The van der Waals surface area contributed by atoms with Crippen LogP contribution in [0.3, 0.4) is 0 Å². The fourth-order valence-electron chi connectivity index (χ4n) is 1.95. The molecular weight excluding hydrogens is 232 g/mol. The molecule has 0 atom stereocenters. The van der Waals surface area contributed by atoms with Crippen LogP contribution in [0.2, 0.25) is 5.02 Å². The molecule has 3 aromatic rings. The average molecular weight is 243 g/mol. The van der Waals surface area contributed by atoms with E-state index in [1.54, 1.807) is 0 Å². The first-order chi connectivity index (χ1) is 8.24. The van der Waals surface area contributed by atoms with Crippen molar-refractivity contribution in [3.8, 4) is 11.4 Å². The zero-order chi connectivity index (χ0) is 11.8. The van der Waals surface area contributed by atoms with Gasteiger partial charge in [0.25, 0.3) is 0 Å². The highest BCUT2D eigenvalue weighted by molar-refractivity contribution is 6.30. The molecule has 0 spiro atoms. The van der Waals surface area contributed by atoms with Crippen LogP contribution in [0.15, 0.2) is 42.5 Å². The molecule has 3 rings (SSSR count). The second-order valence-corrected chi connectivity index (χ2v) is 4.50. The number of benzene rings is 2. The molecule has 0 aliphatic heterocycles. The van der Waals surface area contributed by atoms with E-state index < -0.39 is 0 Å². The molecule has 1 N–H and O–H groups in total. The number of aromatic nitrogens is 2. The van der Waals surface area contributed by atoms with Crippen molar-refractivity contribution >= 4 is 22.6 Å². The Balaban J connectivity index is 2.22. The number of aromatic amines is 1. The van der Waals surface area contributed by atoms with E-state index in [-0.39, 0.29) is 0 Å². The first-order valence-electron chi connectivity index (χ1n) is 5.45. The van der Waals surface area contributed by atoms with Gasteiger partial charge in [-0.05, 0) is 30.7 Å². The molecule has 0 radical (unpaired) electrons. The Morgan fingerprint density at radius 1 is 1.12 bits per heavy atom. The van der Waals surface area contributed by atoms with Gasteiger partial charge in [-0.3, -0.25) is 0 Å². The predicted octanol–water partition coefficient (Wildman–Crippen LogP) is 4.19. The Hall–Kier alpha value is -1.80. The molecule has 1 aromatic heterocycles. The SMILES string of the molecule is Cc1cccc2[nH]c(-c3cccc(Cl)c3)nc12. The summed E-state index contributed by atoms with van der Waals surface area (Å²) in [6.07, 6.45) is 0. The van der Waals surface area contributed by atoms with Crippen LogP contribution in [-0.4, -0.2) is 9.97 Å². The summed E-state index contributed by atoms with van der Waals surface area (Å²) in [6.45, 7) is 2.06. The van der Waals surface area contributed by atoms with E-state index >= 15 is 0 Å². The normalized spacial score (nSPS) is 10.9. The van der Waals surface area contributed by atoms with Gasteiger partial charge in [-0.1, -0.05) is 35.9 Å². The van der Waals surface area contributed by atoms with Gasteiger partial charge in [0.1, 0.15) is 5.82 Å². The highest BCUT2D eigenvalue weighted by atomic mass is 35.5. The van der Waals surface area contributed by atoms with Crippen molar-refractivity contribution in [1.29, 1.82) is 0 Å². The predicted molar refractivity (Wildman–Crippen MR) is 71.3 cm³/mol. The molecule has 2 aromatic carbocycles. The average Bonchev–Trinajstić information content (AvgIpc) is 2.74. The van der Waals surface area contributed by atoms with Gasteiger partial charge in [-0.2, -0.15) is 0 Å². The van der Waals surface area contributed by atoms with Crippen molar-refractivity contribution in [1.82, 2.24) is 9.97 Å². The van der Waals surface area contributed by atoms with E-state index in [1.807, 2.05) is 36.4 Å². The number of halogens is 1. The maximum absolute atomic E-state index is 5.98. The van der Waals surface area contributed by atoms with E-state index in [2.05, 4.69) is 23.0 Å². The van der Waals surface area contributed by atoms with Crippen LogP contribution in [0.4, 0.5) is 0 Å². The summed E-state index contributed by atoms with van der Waals surface area (Å²) in [5.41, 5.74) is 4.25. The number of aryl methyl sites for hydroxylation is 1. The number of nitrogens with zero attached hydrogens (tertiary/aromatic N) is 1. The summed E-state index contributed by atoms with van der Waals surface area (Å²) in [5.74, 6) is 0.858. The van der Waals surface area contributed by atoms with Crippen LogP contribution in [0, 0.1) is 6.92 Å². The molecule has 0 unspecified atom stereocenters. The Labute approximate surface area is 104 Å². The molecule has 0 amide bonds. The number of imidazole rings is 1. The smallest absolute Gasteiger partial charge is 0.138 e. The lowest BCUT2D eigenvalue weighted by molar-refractivity contribution is 1.33. The molecule has 0 fully saturated rings. The van der Waals surface area contributed by atoms with Crippen LogP contribution in [-0.2, 0) is 0 Å². The zero-order valence-corrected chi connectivity index (χ0v) is 10.1. The van der Waals surface area contributed by atoms with E-state index in [1.165, 1.54) is 5.56 Å². The third kappa shape index (κ3) is 1.81. The molecule has 1 heterocycles. The monoisotopic (exact) mass is 242 g/mol. The van der Waals surface area contributed by atoms with Gasteiger partial charge < -0.3 is 4.98 Å². The van der Waals surface area contributed by atoms with E-state index in [4.69, 9.17) is 11.6 Å². The molecule has 17 heavy (non-hydrogen) atoms. The third-order valence-corrected chi connectivity index (χ3v) is 3.05. The number of H-pyrrole nitrogens is 1. The minimum atomic E-state index is 0.722. The molecule has 0 bridgehead atoms. The van der Waals surface area contributed by atoms with Gasteiger partial charge in [-0.15, -0.1) is 0 Å². The summed E-state index contributed by atoms with van der Waals surface area (Å²) in [4.78, 5) is 7.92. The minimum absolute atomic E-state index is 0.722. The lowest BCUT2D eigenvalue weighted by Crippen LogP contribution is -1.79. The standard InChI is InChI=1S/C14H11ClN2/c1-9-4-2-7-12-13(9)17-14(16-12)10-5-3-6-11(15)8-10/h2-8H,1H3,(H,16,17). The summed E-state index contributed by atoms with van der Waals surface area (Å²) in [5, 5.41) is 0.722. The van der Waals surface area contributed by atoms with Crippen molar-refractivity contribution < 1.29 is 0 Å². The minimum Gasteiger partial charge on any atom is -0.338 e. The molecule has 0 saturated carbocycles. The Morgan fingerprint density at radius 3 is 2.71 bits per heavy atom. The van der Waals surface area contributed by atoms with Crippen LogP contribution in [0.1, 0.15) is 5.56 Å². The molecular formula is C14H11ClN2. The van der Waals surface area contributed by atoms with Gasteiger partial charge in [0, 0.05) is 10.6 Å². The summed E-state index contributed by atoms with van der Waals surface area (Å²) in [7, 11) is 0. The fraction of sp³-hybridized carbons (Fsp3) is 0.0714. The Bertz CT molecular complexity index is 686. The lowest BCUT2D eigenvalue weighted by Gasteiger charge is -1.96. The second kappa shape index (κ2) is 3.90. The maximum atomic E-state index is 5.98. The van der Waals surface area contributed by atoms with Crippen LogP contribution in [0.25, 0.3) is 22.4 Å². The van der Waals surface area contributed by atoms with Crippen molar-refractivity contribution in [3.05, 3.63) is 53.1 Å². The Kier molecular flexibility index (Phi) is 2.37. The highest BCUT2D eigenvalue weighted by Crippen LogP contribution is 2.24. The van der Waals surface area contributed by atoms with E-state index in [0.29, 0.717) is 0 Å². The number of fused-ring (bicyclic) bond motifs is 1. The maximum Gasteiger partial charge on any atom is 0.138 e.